The molecule has 0 aliphatic carbocycles. The molecule has 3 heteroatoms. The first-order chi connectivity index (χ1) is 8.27. The van der Waals surface area contributed by atoms with Crippen molar-refractivity contribution in [3.8, 4) is 0 Å². The summed E-state index contributed by atoms with van der Waals surface area (Å²) in [6.07, 6.45) is 2.40. The van der Waals surface area contributed by atoms with Crippen LogP contribution >= 0.6 is 0 Å². The molecular formula is C14H15NO2. The van der Waals surface area contributed by atoms with E-state index in [0.717, 1.165) is 12.0 Å². The number of benzene rings is 1. The average Bonchev–Trinajstić information content (AvgIpc) is 2.66. The fourth-order valence-electron chi connectivity index (χ4n) is 2.64. The van der Waals surface area contributed by atoms with Gasteiger partial charge in [-0.05, 0) is 24.5 Å². The molecule has 2 aliphatic heterocycles. The van der Waals surface area contributed by atoms with Crippen LogP contribution in [0.1, 0.15) is 24.9 Å². The summed E-state index contributed by atoms with van der Waals surface area (Å²) in [5.41, 5.74) is 2.20. The minimum absolute atomic E-state index is 0.0704. The average molecular weight is 229 g/mol. The van der Waals surface area contributed by atoms with Crippen LogP contribution in [0, 0.1) is 0 Å². The molecule has 3 rings (SSSR count). The highest BCUT2D eigenvalue weighted by Gasteiger charge is 2.39. The van der Waals surface area contributed by atoms with Crippen molar-refractivity contribution in [2.24, 2.45) is 0 Å². The van der Waals surface area contributed by atoms with Gasteiger partial charge in [0.2, 0.25) is 5.91 Å². The molecule has 0 radical (unpaired) electrons. The van der Waals surface area contributed by atoms with Gasteiger partial charge in [-0.15, -0.1) is 0 Å². The summed E-state index contributed by atoms with van der Waals surface area (Å²) < 4.78 is 5.67. The largest absolute Gasteiger partial charge is 0.354 e. The van der Waals surface area contributed by atoms with Crippen LogP contribution < -0.4 is 0 Å². The van der Waals surface area contributed by atoms with Gasteiger partial charge in [0.25, 0.3) is 0 Å². The number of nitrogens with zero attached hydrogens (tertiary/aromatic N) is 1. The van der Waals surface area contributed by atoms with Gasteiger partial charge in [-0.1, -0.05) is 30.3 Å². The van der Waals surface area contributed by atoms with Gasteiger partial charge in [0.05, 0.1) is 12.6 Å². The Morgan fingerprint density at radius 2 is 2.06 bits per heavy atom. The molecule has 3 nitrogen and oxygen atoms in total. The lowest BCUT2D eigenvalue weighted by molar-refractivity contribution is -0.148. The molecule has 0 bridgehead atoms. The summed E-state index contributed by atoms with van der Waals surface area (Å²) in [5, 5.41) is 0. The first-order valence-electron chi connectivity index (χ1n) is 5.94. The van der Waals surface area contributed by atoms with Gasteiger partial charge >= 0.3 is 0 Å². The van der Waals surface area contributed by atoms with Crippen LogP contribution in [0.2, 0.25) is 0 Å². The van der Waals surface area contributed by atoms with Crippen LogP contribution in [0.5, 0.6) is 0 Å². The second kappa shape index (κ2) is 4.00. The van der Waals surface area contributed by atoms with E-state index in [0.29, 0.717) is 6.61 Å². The third-order valence-corrected chi connectivity index (χ3v) is 3.43. The Bertz CT molecular complexity index is 466. The van der Waals surface area contributed by atoms with Crippen molar-refractivity contribution in [1.82, 2.24) is 4.90 Å². The zero-order chi connectivity index (χ0) is 11.8. The van der Waals surface area contributed by atoms with Gasteiger partial charge < -0.3 is 9.64 Å². The fraction of sp³-hybridized carbons (Fsp3) is 0.357. The van der Waals surface area contributed by atoms with Crippen molar-refractivity contribution in [2.75, 3.05) is 6.61 Å². The van der Waals surface area contributed by atoms with E-state index in [1.807, 2.05) is 30.0 Å². The fourth-order valence-corrected chi connectivity index (χ4v) is 2.64. The molecular weight excluding hydrogens is 214 g/mol. The van der Waals surface area contributed by atoms with Gasteiger partial charge in [0.15, 0.2) is 6.23 Å². The van der Waals surface area contributed by atoms with E-state index < -0.39 is 0 Å². The topological polar surface area (TPSA) is 29.5 Å². The molecule has 0 aromatic heterocycles. The first kappa shape index (κ1) is 10.5. The van der Waals surface area contributed by atoms with Crippen molar-refractivity contribution >= 4 is 5.91 Å². The molecule has 0 spiro atoms. The maximum atomic E-state index is 12.0. The van der Waals surface area contributed by atoms with Gasteiger partial charge in [0.1, 0.15) is 0 Å². The predicted molar refractivity (Wildman–Crippen MR) is 64.1 cm³/mol. The van der Waals surface area contributed by atoms with Gasteiger partial charge in [-0.25, -0.2) is 0 Å². The smallest absolute Gasteiger partial charge is 0.249 e. The Balaban J connectivity index is 1.94. The number of carbonyl (C=O) groups excluding carboxylic acids is 1. The molecule has 2 aliphatic rings. The van der Waals surface area contributed by atoms with E-state index in [1.54, 1.807) is 6.08 Å². The minimum atomic E-state index is -0.151. The van der Waals surface area contributed by atoms with Crippen LogP contribution in [0.15, 0.2) is 42.0 Å². The number of amides is 1. The Kier molecular flexibility index (Phi) is 2.48. The van der Waals surface area contributed by atoms with E-state index in [1.165, 1.54) is 5.56 Å². The Morgan fingerprint density at radius 1 is 1.29 bits per heavy atom. The second-order valence-electron chi connectivity index (χ2n) is 4.57. The summed E-state index contributed by atoms with van der Waals surface area (Å²) >= 11 is 0. The standard InChI is InChI=1S/C14H15NO2/c1-10-9-13(16)15-12(7-8-17-14(10)15)11-5-3-2-4-6-11/h2-6,9,12,14H,7-8H2,1H3. The molecule has 17 heavy (non-hydrogen) atoms. The number of carbonyl (C=O) groups is 1. The lowest BCUT2D eigenvalue weighted by Gasteiger charge is -2.38. The predicted octanol–water partition coefficient (Wildman–Crippen LogP) is 2.26. The maximum Gasteiger partial charge on any atom is 0.249 e. The van der Waals surface area contributed by atoms with Crippen LogP contribution in [-0.4, -0.2) is 23.6 Å². The zero-order valence-corrected chi connectivity index (χ0v) is 9.80. The van der Waals surface area contributed by atoms with Crippen molar-refractivity contribution in [2.45, 2.75) is 25.6 Å². The highest BCUT2D eigenvalue weighted by Crippen LogP contribution is 2.36. The Hall–Kier alpha value is -1.61. The number of hydrogen-bond donors (Lipinski definition) is 0. The van der Waals surface area contributed by atoms with Gasteiger partial charge in [-0.3, -0.25) is 4.79 Å². The summed E-state index contributed by atoms with van der Waals surface area (Å²) in [6.45, 7) is 2.66. The SMILES string of the molecule is CC1=CC(=O)N2C1OCCC2c1ccccc1. The zero-order valence-electron chi connectivity index (χ0n) is 9.80. The lowest BCUT2D eigenvalue weighted by atomic mass is 10.0. The minimum Gasteiger partial charge on any atom is -0.354 e. The van der Waals surface area contributed by atoms with Crippen molar-refractivity contribution in [1.29, 1.82) is 0 Å². The second-order valence-corrected chi connectivity index (χ2v) is 4.57. The van der Waals surface area contributed by atoms with Crippen LogP contribution in [0.25, 0.3) is 0 Å². The van der Waals surface area contributed by atoms with E-state index in [2.05, 4.69) is 12.1 Å². The molecule has 1 fully saturated rings. The monoisotopic (exact) mass is 229 g/mol. The molecule has 1 aromatic carbocycles. The van der Waals surface area contributed by atoms with Crippen molar-refractivity contribution in [3.63, 3.8) is 0 Å². The third kappa shape index (κ3) is 1.67. The molecule has 0 saturated carbocycles. The van der Waals surface area contributed by atoms with Crippen molar-refractivity contribution < 1.29 is 9.53 Å². The third-order valence-electron chi connectivity index (χ3n) is 3.43. The van der Waals surface area contributed by atoms with Gasteiger partial charge in [-0.2, -0.15) is 0 Å². The molecule has 2 atom stereocenters. The molecule has 1 aromatic rings. The maximum absolute atomic E-state index is 12.0. The van der Waals surface area contributed by atoms with Crippen LogP contribution in [0.4, 0.5) is 0 Å². The summed E-state index contributed by atoms with van der Waals surface area (Å²) in [4.78, 5) is 13.8. The van der Waals surface area contributed by atoms with Crippen LogP contribution in [-0.2, 0) is 9.53 Å². The Morgan fingerprint density at radius 3 is 2.82 bits per heavy atom. The Labute approximate surface area is 101 Å². The van der Waals surface area contributed by atoms with E-state index in [4.69, 9.17) is 4.74 Å². The van der Waals surface area contributed by atoms with Crippen LogP contribution in [0.3, 0.4) is 0 Å². The normalized spacial score (nSPS) is 27.9. The molecule has 1 amide bonds. The summed E-state index contributed by atoms with van der Waals surface area (Å²) in [7, 11) is 0. The number of rotatable bonds is 1. The number of fused-ring (bicyclic) bond motifs is 1. The highest BCUT2D eigenvalue weighted by molar-refractivity contribution is 5.92. The van der Waals surface area contributed by atoms with Gasteiger partial charge in [0, 0.05) is 6.08 Å². The quantitative estimate of drug-likeness (QED) is 0.739. The molecule has 88 valence electrons. The first-order valence-corrected chi connectivity index (χ1v) is 5.94. The summed E-state index contributed by atoms with van der Waals surface area (Å²) in [6, 6.07) is 10.3. The molecule has 1 saturated heterocycles. The summed E-state index contributed by atoms with van der Waals surface area (Å²) in [5.74, 6) is 0.0704. The number of ether oxygens (including phenoxy) is 1. The van der Waals surface area contributed by atoms with E-state index >= 15 is 0 Å². The lowest BCUT2D eigenvalue weighted by Crippen LogP contribution is -2.44. The van der Waals surface area contributed by atoms with Crippen molar-refractivity contribution in [3.05, 3.63) is 47.5 Å². The highest BCUT2D eigenvalue weighted by atomic mass is 16.5. The van der Waals surface area contributed by atoms with E-state index in [9.17, 15) is 4.79 Å². The molecule has 0 N–H and O–H groups in total. The number of hydrogen-bond acceptors (Lipinski definition) is 2. The molecule has 2 heterocycles. The van der Waals surface area contributed by atoms with E-state index in [-0.39, 0.29) is 18.2 Å². The molecule has 2 unspecified atom stereocenters.